The number of nitrogens with two attached hydrogens (primary N) is 1. The van der Waals surface area contributed by atoms with Crippen molar-refractivity contribution < 1.29 is 14.6 Å². The van der Waals surface area contributed by atoms with Crippen LogP contribution >= 0.6 is 0 Å². The molecule has 3 atom stereocenters. The van der Waals surface area contributed by atoms with Crippen molar-refractivity contribution in [2.45, 2.75) is 56.4 Å². The number of methoxy groups -OCH3 is 1. The standard InChI is InChI=1S/C25H33NO3/c1-28-23-3-2-4-24(15-23)29-12-10-18-5-6-20-14-21(8-7-19(20)13-18)22-9-11-25(26,16-22)17-27/h2-4,7-8,14-15,18,22,27H,5-6,9-13,16-17,26H2,1H3/t18?,22-,25+/m0/s1. The van der Waals surface area contributed by atoms with E-state index in [1.54, 1.807) is 7.11 Å². The highest BCUT2D eigenvalue weighted by Gasteiger charge is 2.36. The van der Waals surface area contributed by atoms with Gasteiger partial charge in [-0.1, -0.05) is 24.3 Å². The molecule has 3 N–H and O–H groups in total. The van der Waals surface area contributed by atoms with E-state index in [-0.39, 0.29) is 12.1 Å². The molecule has 4 heteroatoms. The number of aliphatic hydroxyl groups is 1. The van der Waals surface area contributed by atoms with Gasteiger partial charge in [-0.05, 0) is 85.6 Å². The number of aryl methyl sites for hydroxylation is 1. The van der Waals surface area contributed by atoms with Gasteiger partial charge in [-0.2, -0.15) is 0 Å². The predicted molar refractivity (Wildman–Crippen MR) is 116 cm³/mol. The first-order valence-corrected chi connectivity index (χ1v) is 10.9. The quantitative estimate of drug-likeness (QED) is 0.736. The molecule has 0 spiro atoms. The molecule has 4 nitrogen and oxygen atoms in total. The van der Waals surface area contributed by atoms with E-state index < -0.39 is 0 Å². The van der Waals surface area contributed by atoms with Crippen molar-refractivity contribution in [2.24, 2.45) is 11.7 Å². The minimum Gasteiger partial charge on any atom is -0.497 e. The maximum atomic E-state index is 9.54. The van der Waals surface area contributed by atoms with Crippen molar-refractivity contribution in [3.05, 3.63) is 59.2 Å². The van der Waals surface area contributed by atoms with Gasteiger partial charge in [-0.3, -0.25) is 0 Å². The average molecular weight is 396 g/mol. The van der Waals surface area contributed by atoms with Gasteiger partial charge in [-0.25, -0.2) is 0 Å². The molecule has 1 saturated carbocycles. The molecule has 0 bridgehead atoms. The minimum absolute atomic E-state index is 0.0912. The second-order valence-electron chi connectivity index (χ2n) is 8.91. The predicted octanol–water partition coefficient (Wildman–Crippen LogP) is 4.23. The lowest BCUT2D eigenvalue weighted by Crippen LogP contribution is -2.40. The third-order valence-electron chi connectivity index (χ3n) is 6.83. The molecule has 1 fully saturated rings. The average Bonchev–Trinajstić information content (AvgIpc) is 3.16. The van der Waals surface area contributed by atoms with Crippen LogP contribution in [-0.2, 0) is 12.8 Å². The summed E-state index contributed by atoms with van der Waals surface area (Å²) in [6.07, 6.45) is 7.48. The van der Waals surface area contributed by atoms with Crippen LogP contribution in [0.2, 0.25) is 0 Å². The van der Waals surface area contributed by atoms with E-state index in [0.29, 0.717) is 11.8 Å². The van der Waals surface area contributed by atoms with Crippen LogP contribution in [0.4, 0.5) is 0 Å². The van der Waals surface area contributed by atoms with Crippen molar-refractivity contribution in [1.29, 1.82) is 0 Å². The van der Waals surface area contributed by atoms with E-state index in [1.165, 1.54) is 23.1 Å². The summed E-state index contributed by atoms with van der Waals surface area (Å²) in [5.74, 6) is 2.88. The molecule has 0 saturated heterocycles. The number of rotatable bonds is 7. The molecule has 2 aliphatic carbocycles. The Morgan fingerprint density at radius 3 is 2.76 bits per heavy atom. The van der Waals surface area contributed by atoms with Gasteiger partial charge in [-0.15, -0.1) is 0 Å². The molecular formula is C25H33NO3. The Morgan fingerprint density at radius 2 is 1.97 bits per heavy atom. The number of hydrogen-bond donors (Lipinski definition) is 2. The van der Waals surface area contributed by atoms with Crippen LogP contribution in [-0.4, -0.2) is 31.0 Å². The number of aliphatic hydroxyl groups excluding tert-OH is 1. The highest BCUT2D eigenvalue weighted by molar-refractivity contribution is 5.37. The minimum atomic E-state index is -0.381. The van der Waals surface area contributed by atoms with Crippen molar-refractivity contribution in [1.82, 2.24) is 0 Å². The molecule has 0 radical (unpaired) electrons. The molecule has 0 amide bonds. The molecule has 156 valence electrons. The molecule has 0 heterocycles. The number of ether oxygens (including phenoxy) is 2. The van der Waals surface area contributed by atoms with Crippen LogP contribution in [0, 0.1) is 5.92 Å². The molecule has 29 heavy (non-hydrogen) atoms. The molecule has 2 aliphatic rings. The Hall–Kier alpha value is -2.04. The van der Waals surface area contributed by atoms with Gasteiger partial charge in [0.1, 0.15) is 11.5 Å². The fourth-order valence-corrected chi connectivity index (χ4v) is 4.97. The molecule has 4 rings (SSSR count). The number of fused-ring (bicyclic) bond motifs is 1. The lowest BCUT2D eigenvalue weighted by atomic mass is 9.80. The van der Waals surface area contributed by atoms with Crippen molar-refractivity contribution in [2.75, 3.05) is 20.3 Å². The second-order valence-corrected chi connectivity index (χ2v) is 8.91. The Labute approximate surface area is 174 Å². The largest absolute Gasteiger partial charge is 0.497 e. The van der Waals surface area contributed by atoms with Crippen LogP contribution in [0.25, 0.3) is 0 Å². The van der Waals surface area contributed by atoms with Crippen LogP contribution < -0.4 is 15.2 Å². The summed E-state index contributed by atoms with van der Waals surface area (Å²) >= 11 is 0. The second kappa shape index (κ2) is 8.76. The number of hydrogen-bond acceptors (Lipinski definition) is 4. The van der Waals surface area contributed by atoms with Gasteiger partial charge in [0.2, 0.25) is 0 Å². The summed E-state index contributed by atoms with van der Waals surface area (Å²) in [5, 5.41) is 9.54. The maximum absolute atomic E-state index is 9.54. The highest BCUT2D eigenvalue weighted by atomic mass is 16.5. The molecule has 2 aromatic carbocycles. The summed E-state index contributed by atoms with van der Waals surface area (Å²) in [5.41, 5.74) is 10.3. The van der Waals surface area contributed by atoms with Gasteiger partial charge >= 0.3 is 0 Å². The summed E-state index contributed by atoms with van der Waals surface area (Å²) < 4.78 is 11.2. The summed E-state index contributed by atoms with van der Waals surface area (Å²) in [7, 11) is 1.68. The van der Waals surface area contributed by atoms with Gasteiger partial charge in [0.25, 0.3) is 0 Å². The van der Waals surface area contributed by atoms with E-state index in [1.807, 2.05) is 24.3 Å². The van der Waals surface area contributed by atoms with Crippen LogP contribution in [0.15, 0.2) is 42.5 Å². The molecular weight excluding hydrogens is 362 g/mol. The Bertz CT molecular complexity index is 837. The molecule has 1 unspecified atom stereocenters. The third-order valence-corrected chi connectivity index (χ3v) is 6.83. The summed E-state index contributed by atoms with van der Waals surface area (Å²) in [6, 6.07) is 14.8. The van der Waals surface area contributed by atoms with E-state index in [9.17, 15) is 5.11 Å². The first kappa shape index (κ1) is 20.2. The monoisotopic (exact) mass is 395 g/mol. The topological polar surface area (TPSA) is 64.7 Å². The van der Waals surface area contributed by atoms with Crippen molar-refractivity contribution in [3.63, 3.8) is 0 Å². The first-order chi connectivity index (χ1) is 14.1. The third kappa shape index (κ3) is 4.76. The van der Waals surface area contributed by atoms with E-state index >= 15 is 0 Å². The Balaban J connectivity index is 1.31. The maximum Gasteiger partial charge on any atom is 0.122 e. The highest BCUT2D eigenvalue weighted by Crippen LogP contribution is 2.40. The van der Waals surface area contributed by atoms with E-state index in [4.69, 9.17) is 15.2 Å². The fraction of sp³-hybridized carbons (Fsp3) is 0.520. The molecule has 0 aromatic heterocycles. The van der Waals surface area contributed by atoms with Crippen LogP contribution in [0.5, 0.6) is 11.5 Å². The lowest BCUT2D eigenvalue weighted by Gasteiger charge is -2.26. The summed E-state index contributed by atoms with van der Waals surface area (Å²) in [4.78, 5) is 0. The van der Waals surface area contributed by atoms with Gasteiger partial charge in [0, 0.05) is 11.6 Å². The van der Waals surface area contributed by atoms with Crippen LogP contribution in [0.1, 0.15) is 54.7 Å². The normalized spacial score (nSPS) is 26.2. The van der Waals surface area contributed by atoms with E-state index in [0.717, 1.165) is 56.6 Å². The SMILES string of the molecule is COc1cccc(OCCC2CCc3cc([C@H]4CC[C@](N)(CO)C4)ccc3C2)c1. The number of benzene rings is 2. The zero-order valence-electron chi connectivity index (χ0n) is 17.4. The van der Waals surface area contributed by atoms with Gasteiger partial charge in [0.05, 0.1) is 20.3 Å². The van der Waals surface area contributed by atoms with Gasteiger partial charge < -0.3 is 20.3 Å². The molecule has 0 aliphatic heterocycles. The zero-order valence-corrected chi connectivity index (χ0v) is 17.4. The van der Waals surface area contributed by atoms with Crippen LogP contribution in [0.3, 0.4) is 0 Å². The lowest BCUT2D eigenvalue weighted by molar-refractivity contribution is 0.198. The van der Waals surface area contributed by atoms with E-state index in [2.05, 4.69) is 18.2 Å². The first-order valence-electron chi connectivity index (χ1n) is 10.9. The Kier molecular flexibility index (Phi) is 6.12. The molecule has 2 aromatic rings. The summed E-state index contributed by atoms with van der Waals surface area (Å²) in [6.45, 7) is 0.834. The smallest absolute Gasteiger partial charge is 0.122 e. The van der Waals surface area contributed by atoms with Crippen molar-refractivity contribution >= 4 is 0 Å². The zero-order chi connectivity index (χ0) is 20.3. The Morgan fingerprint density at radius 1 is 1.10 bits per heavy atom. The van der Waals surface area contributed by atoms with Crippen molar-refractivity contribution in [3.8, 4) is 11.5 Å². The van der Waals surface area contributed by atoms with Gasteiger partial charge in [0.15, 0.2) is 0 Å². The fourth-order valence-electron chi connectivity index (χ4n) is 4.97.